The standard InChI is InChI=1S/C20H26ClN3O2/c1-2-3-8-22-19(25)11-14-6-9-24(10-7-14)20(26)18-13-15-12-16(21)4-5-17(15)23-18/h4-5,12-14,23H,2-3,6-11H2,1H3,(H,22,25). The van der Waals surface area contributed by atoms with Crippen LogP contribution < -0.4 is 5.32 Å². The van der Waals surface area contributed by atoms with Crippen LogP contribution in [-0.2, 0) is 4.79 Å². The summed E-state index contributed by atoms with van der Waals surface area (Å²) in [4.78, 5) is 29.7. The van der Waals surface area contributed by atoms with Gasteiger partial charge in [-0.25, -0.2) is 0 Å². The van der Waals surface area contributed by atoms with Gasteiger partial charge in [-0.2, -0.15) is 0 Å². The van der Waals surface area contributed by atoms with E-state index in [1.54, 1.807) is 0 Å². The number of hydrogen-bond acceptors (Lipinski definition) is 2. The van der Waals surface area contributed by atoms with Gasteiger partial charge in [-0.15, -0.1) is 0 Å². The van der Waals surface area contributed by atoms with Crippen LogP contribution in [0, 0.1) is 5.92 Å². The lowest BCUT2D eigenvalue weighted by Crippen LogP contribution is -2.39. The summed E-state index contributed by atoms with van der Waals surface area (Å²) in [6, 6.07) is 7.41. The predicted octanol–water partition coefficient (Wildman–Crippen LogP) is 3.98. The van der Waals surface area contributed by atoms with E-state index in [0.29, 0.717) is 36.1 Å². The zero-order valence-corrected chi connectivity index (χ0v) is 15.9. The minimum absolute atomic E-state index is 0.0168. The number of fused-ring (bicyclic) bond motifs is 1. The number of nitrogens with zero attached hydrogens (tertiary/aromatic N) is 1. The summed E-state index contributed by atoms with van der Waals surface area (Å²) in [5, 5.41) is 4.58. The lowest BCUT2D eigenvalue weighted by molar-refractivity contribution is -0.122. The Hall–Kier alpha value is -2.01. The molecule has 6 heteroatoms. The fraction of sp³-hybridized carbons (Fsp3) is 0.500. The van der Waals surface area contributed by atoms with Crippen molar-refractivity contribution in [2.45, 2.75) is 39.0 Å². The number of aromatic amines is 1. The molecule has 2 aromatic rings. The summed E-state index contributed by atoms with van der Waals surface area (Å²) < 4.78 is 0. The Morgan fingerprint density at radius 3 is 2.77 bits per heavy atom. The predicted molar refractivity (Wildman–Crippen MR) is 104 cm³/mol. The third kappa shape index (κ3) is 4.58. The van der Waals surface area contributed by atoms with Crippen LogP contribution in [0.25, 0.3) is 10.9 Å². The molecule has 0 aliphatic carbocycles. The molecule has 1 aliphatic heterocycles. The SMILES string of the molecule is CCCCNC(=O)CC1CCN(C(=O)c2cc3cc(Cl)ccc3[nH]2)CC1. The normalized spacial score (nSPS) is 15.4. The quantitative estimate of drug-likeness (QED) is 0.750. The third-order valence-electron chi connectivity index (χ3n) is 5.04. The van der Waals surface area contributed by atoms with Gasteiger partial charge in [0.1, 0.15) is 5.69 Å². The van der Waals surface area contributed by atoms with Gasteiger partial charge in [0.05, 0.1) is 0 Å². The van der Waals surface area contributed by atoms with Gasteiger partial charge in [-0.1, -0.05) is 24.9 Å². The maximum atomic E-state index is 12.7. The van der Waals surface area contributed by atoms with Crippen LogP contribution in [-0.4, -0.2) is 41.3 Å². The molecule has 0 saturated carbocycles. The monoisotopic (exact) mass is 375 g/mol. The van der Waals surface area contributed by atoms with Gasteiger partial charge in [0.25, 0.3) is 5.91 Å². The number of hydrogen-bond donors (Lipinski definition) is 2. The maximum absolute atomic E-state index is 12.7. The molecule has 1 aromatic carbocycles. The summed E-state index contributed by atoms with van der Waals surface area (Å²) in [5.41, 5.74) is 1.51. The zero-order chi connectivity index (χ0) is 18.5. The van der Waals surface area contributed by atoms with Gasteiger partial charge in [0, 0.05) is 42.0 Å². The highest BCUT2D eigenvalue weighted by Crippen LogP contribution is 2.24. The number of carbonyl (C=O) groups excluding carboxylic acids is 2. The van der Waals surface area contributed by atoms with Gasteiger partial charge >= 0.3 is 0 Å². The zero-order valence-electron chi connectivity index (χ0n) is 15.2. The van der Waals surface area contributed by atoms with Crippen molar-refractivity contribution < 1.29 is 9.59 Å². The molecule has 2 N–H and O–H groups in total. The van der Waals surface area contributed by atoms with Crippen molar-refractivity contribution in [3.05, 3.63) is 35.0 Å². The molecule has 2 heterocycles. The molecule has 26 heavy (non-hydrogen) atoms. The number of piperidine rings is 1. The van der Waals surface area contributed by atoms with Crippen molar-refractivity contribution in [1.82, 2.24) is 15.2 Å². The minimum atomic E-state index is 0.0168. The molecule has 1 saturated heterocycles. The second-order valence-corrected chi connectivity index (χ2v) is 7.49. The van der Waals surface area contributed by atoms with Gasteiger partial charge in [-0.3, -0.25) is 9.59 Å². The fourth-order valence-corrected chi connectivity index (χ4v) is 3.65. The number of H-pyrrole nitrogens is 1. The number of benzene rings is 1. The van der Waals surface area contributed by atoms with Crippen LogP contribution in [0.1, 0.15) is 49.5 Å². The number of amides is 2. The van der Waals surface area contributed by atoms with Gasteiger partial charge < -0.3 is 15.2 Å². The molecule has 3 rings (SSSR count). The van der Waals surface area contributed by atoms with Crippen molar-refractivity contribution in [3.8, 4) is 0 Å². The molecule has 0 atom stereocenters. The second kappa shape index (κ2) is 8.58. The Bertz CT molecular complexity index is 778. The maximum Gasteiger partial charge on any atom is 0.270 e. The van der Waals surface area contributed by atoms with Crippen molar-refractivity contribution in [3.63, 3.8) is 0 Å². The Balaban J connectivity index is 1.52. The van der Waals surface area contributed by atoms with Gasteiger partial charge in [0.15, 0.2) is 0 Å². The molecular weight excluding hydrogens is 350 g/mol. The topological polar surface area (TPSA) is 65.2 Å². The van der Waals surface area contributed by atoms with E-state index < -0.39 is 0 Å². The molecular formula is C20H26ClN3O2. The third-order valence-corrected chi connectivity index (χ3v) is 5.28. The summed E-state index contributed by atoms with van der Waals surface area (Å²) in [6.07, 6.45) is 4.42. The summed E-state index contributed by atoms with van der Waals surface area (Å²) in [6.45, 7) is 4.27. The molecule has 1 aliphatic rings. The smallest absolute Gasteiger partial charge is 0.270 e. The first-order valence-electron chi connectivity index (χ1n) is 9.41. The average Bonchev–Trinajstić information content (AvgIpc) is 3.05. The van der Waals surface area contributed by atoms with Crippen LogP contribution in [0.4, 0.5) is 0 Å². The highest BCUT2D eigenvalue weighted by atomic mass is 35.5. The number of halogens is 1. The Morgan fingerprint density at radius 2 is 2.04 bits per heavy atom. The molecule has 1 aromatic heterocycles. The van der Waals surface area contributed by atoms with Gasteiger partial charge in [-0.05, 0) is 49.4 Å². The van der Waals surface area contributed by atoms with Crippen LogP contribution in [0.2, 0.25) is 5.02 Å². The summed E-state index contributed by atoms with van der Waals surface area (Å²) in [5.74, 6) is 0.515. The number of likely N-dealkylation sites (tertiary alicyclic amines) is 1. The molecule has 0 bridgehead atoms. The molecule has 2 amide bonds. The lowest BCUT2D eigenvalue weighted by atomic mass is 9.93. The van der Waals surface area contributed by atoms with Crippen LogP contribution >= 0.6 is 11.6 Å². The van der Waals surface area contributed by atoms with E-state index in [1.165, 1.54) is 0 Å². The van der Waals surface area contributed by atoms with Crippen molar-refractivity contribution in [2.24, 2.45) is 5.92 Å². The highest BCUT2D eigenvalue weighted by Gasteiger charge is 2.25. The average molecular weight is 376 g/mol. The molecule has 1 fully saturated rings. The first kappa shape index (κ1) is 18.8. The van der Waals surface area contributed by atoms with Crippen molar-refractivity contribution >= 4 is 34.3 Å². The number of aromatic nitrogens is 1. The molecule has 0 spiro atoms. The van der Waals surface area contributed by atoms with Crippen LogP contribution in [0.5, 0.6) is 0 Å². The minimum Gasteiger partial charge on any atom is -0.356 e. The van der Waals surface area contributed by atoms with E-state index in [2.05, 4.69) is 17.2 Å². The fourth-order valence-electron chi connectivity index (χ4n) is 3.47. The number of rotatable bonds is 6. The number of unbranched alkanes of at least 4 members (excludes halogenated alkanes) is 1. The molecule has 0 unspecified atom stereocenters. The highest BCUT2D eigenvalue weighted by molar-refractivity contribution is 6.31. The summed E-state index contributed by atoms with van der Waals surface area (Å²) >= 11 is 6.01. The Morgan fingerprint density at radius 1 is 1.27 bits per heavy atom. The molecule has 140 valence electrons. The summed E-state index contributed by atoms with van der Waals surface area (Å²) in [7, 11) is 0. The second-order valence-electron chi connectivity index (χ2n) is 7.06. The van der Waals surface area contributed by atoms with E-state index in [0.717, 1.165) is 43.1 Å². The molecule has 5 nitrogen and oxygen atoms in total. The van der Waals surface area contributed by atoms with E-state index in [-0.39, 0.29) is 11.8 Å². The van der Waals surface area contributed by atoms with E-state index in [1.807, 2.05) is 29.2 Å². The van der Waals surface area contributed by atoms with Crippen LogP contribution in [0.15, 0.2) is 24.3 Å². The van der Waals surface area contributed by atoms with E-state index in [4.69, 9.17) is 11.6 Å². The van der Waals surface area contributed by atoms with E-state index in [9.17, 15) is 9.59 Å². The van der Waals surface area contributed by atoms with E-state index >= 15 is 0 Å². The number of carbonyl (C=O) groups is 2. The molecule has 0 radical (unpaired) electrons. The van der Waals surface area contributed by atoms with Crippen molar-refractivity contribution in [1.29, 1.82) is 0 Å². The van der Waals surface area contributed by atoms with Crippen LogP contribution in [0.3, 0.4) is 0 Å². The first-order chi connectivity index (χ1) is 12.6. The first-order valence-corrected chi connectivity index (χ1v) is 9.79. The Labute approximate surface area is 159 Å². The largest absolute Gasteiger partial charge is 0.356 e. The number of nitrogens with one attached hydrogen (secondary N) is 2. The van der Waals surface area contributed by atoms with Gasteiger partial charge in [0.2, 0.25) is 5.91 Å². The Kier molecular flexibility index (Phi) is 6.20. The van der Waals surface area contributed by atoms with Crippen molar-refractivity contribution in [2.75, 3.05) is 19.6 Å². The lowest BCUT2D eigenvalue weighted by Gasteiger charge is -2.31.